The van der Waals surface area contributed by atoms with Crippen molar-refractivity contribution in [3.63, 3.8) is 0 Å². The van der Waals surface area contributed by atoms with E-state index in [1.807, 2.05) is 24.3 Å². The molecule has 0 spiro atoms. The molecule has 0 radical (unpaired) electrons. The molecule has 0 aliphatic carbocycles. The molecule has 3 rings (SSSR count). The summed E-state index contributed by atoms with van der Waals surface area (Å²) >= 11 is 0. The zero-order valence-electron chi connectivity index (χ0n) is 11.5. The first kappa shape index (κ1) is 13.6. The lowest BCUT2D eigenvalue weighted by Crippen LogP contribution is -2.20. The summed E-state index contributed by atoms with van der Waals surface area (Å²) in [4.78, 5) is 27.9. The lowest BCUT2D eigenvalue weighted by Gasteiger charge is -2.10. The number of carbonyl (C=O) groups excluding carboxylic acids is 1. The number of nitrogens with one attached hydrogen (secondary N) is 1. The maximum atomic E-state index is 11.0. The summed E-state index contributed by atoms with van der Waals surface area (Å²) in [7, 11) is 0. The van der Waals surface area contributed by atoms with Crippen LogP contribution in [0, 0.1) is 0 Å². The normalized spacial score (nSPS) is 10.2. The van der Waals surface area contributed by atoms with Gasteiger partial charge in [0.15, 0.2) is 5.82 Å². The smallest absolute Gasteiger partial charge is 0.317 e. The minimum Gasteiger partial charge on any atom is -0.351 e. The Morgan fingerprint density at radius 3 is 2.45 bits per heavy atom. The van der Waals surface area contributed by atoms with Crippen molar-refractivity contribution in [3.05, 3.63) is 55.2 Å². The number of nitrogens with two attached hydrogens (primary N) is 1. The van der Waals surface area contributed by atoms with Crippen LogP contribution in [-0.4, -0.2) is 26.0 Å². The quantitative estimate of drug-likeness (QED) is 0.768. The average Bonchev–Trinajstić information content (AvgIpc) is 2.56. The van der Waals surface area contributed by atoms with Crippen LogP contribution in [0.15, 0.2) is 55.2 Å². The first-order valence-corrected chi connectivity index (χ1v) is 6.48. The topological polar surface area (TPSA) is 107 Å². The maximum absolute atomic E-state index is 11.0. The number of carbonyl (C=O) groups is 1. The molecule has 0 aromatic carbocycles. The number of hydrogen-bond donors (Lipinski definition) is 2. The van der Waals surface area contributed by atoms with Crippen molar-refractivity contribution in [1.29, 1.82) is 0 Å². The molecule has 2 amide bonds. The van der Waals surface area contributed by atoms with Crippen LogP contribution in [0.5, 0.6) is 0 Å². The molecule has 0 saturated carbocycles. The van der Waals surface area contributed by atoms with E-state index in [0.29, 0.717) is 11.4 Å². The Hall–Kier alpha value is -3.35. The molecule has 0 atom stereocenters. The highest BCUT2D eigenvalue weighted by molar-refractivity contribution is 5.87. The van der Waals surface area contributed by atoms with Crippen molar-refractivity contribution < 1.29 is 4.79 Å². The van der Waals surface area contributed by atoms with E-state index in [1.165, 1.54) is 6.20 Å². The van der Waals surface area contributed by atoms with E-state index in [-0.39, 0.29) is 5.82 Å². The van der Waals surface area contributed by atoms with Gasteiger partial charge in [-0.3, -0.25) is 20.3 Å². The van der Waals surface area contributed by atoms with Crippen molar-refractivity contribution in [2.24, 2.45) is 5.73 Å². The van der Waals surface area contributed by atoms with E-state index in [9.17, 15) is 4.79 Å². The summed E-state index contributed by atoms with van der Waals surface area (Å²) in [5.41, 5.74) is 8.05. The number of pyridine rings is 2. The zero-order valence-corrected chi connectivity index (χ0v) is 11.5. The minimum absolute atomic E-state index is 0.282. The fourth-order valence-corrected chi connectivity index (χ4v) is 2.00. The van der Waals surface area contributed by atoms with Crippen LogP contribution in [0.25, 0.3) is 22.5 Å². The molecule has 0 unspecified atom stereocenters. The SMILES string of the molecule is NC(=O)Nc1cnc(-c2ccncc2)c(-c2cccnc2)n1. The van der Waals surface area contributed by atoms with Gasteiger partial charge in [-0.25, -0.2) is 9.78 Å². The summed E-state index contributed by atoms with van der Waals surface area (Å²) in [5.74, 6) is 0.282. The molecule has 7 heteroatoms. The molecule has 0 fully saturated rings. The number of hydrogen-bond acceptors (Lipinski definition) is 5. The van der Waals surface area contributed by atoms with Gasteiger partial charge >= 0.3 is 6.03 Å². The average molecular weight is 292 g/mol. The van der Waals surface area contributed by atoms with Crippen molar-refractivity contribution in [2.75, 3.05) is 5.32 Å². The summed E-state index contributed by atoms with van der Waals surface area (Å²) in [5, 5.41) is 2.43. The van der Waals surface area contributed by atoms with E-state index < -0.39 is 6.03 Å². The predicted molar refractivity (Wildman–Crippen MR) is 81.7 cm³/mol. The molecule has 0 aliphatic rings. The molecule has 108 valence electrons. The van der Waals surface area contributed by atoms with E-state index >= 15 is 0 Å². The highest BCUT2D eigenvalue weighted by Gasteiger charge is 2.12. The number of anilines is 1. The van der Waals surface area contributed by atoms with Crippen molar-refractivity contribution in [3.8, 4) is 22.5 Å². The Kier molecular flexibility index (Phi) is 3.69. The maximum Gasteiger partial charge on any atom is 0.317 e. The van der Waals surface area contributed by atoms with E-state index in [2.05, 4.69) is 25.3 Å². The van der Waals surface area contributed by atoms with Crippen LogP contribution in [0.2, 0.25) is 0 Å². The van der Waals surface area contributed by atoms with Gasteiger partial charge in [-0.05, 0) is 24.3 Å². The van der Waals surface area contributed by atoms with E-state index in [0.717, 1.165) is 11.1 Å². The van der Waals surface area contributed by atoms with E-state index in [4.69, 9.17) is 5.73 Å². The lowest BCUT2D eigenvalue weighted by atomic mass is 10.1. The molecule has 3 N–H and O–H groups in total. The van der Waals surface area contributed by atoms with Crippen LogP contribution in [0.4, 0.5) is 10.6 Å². The largest absolute Gasteiger partial charge is 0.351 e. The number of urea groups is 1. The lowest BCUT2D eigenvalue weighted by molar-refractivity contribution is 0.259. The number of nitrogens with zero attached hydrogens (tertiary/aromatic N) is 4. The van der Waals surface area contributed by atoms with Gasteiger partial charge in [0.05, 0.1) is 11.9 Å². The summed E-state index contributed by atoms with van der Waals surface area (Å²) in [6.45, 7) is 0. The van der Waals surface area contributed by atoms with Crippen LogP contribution in [0.3, 0.4) is 0 Å². The number of rotatable bonds is 3. The summed E-state index contributed by atoms with van der Waals surface area (Å²) in [6, 6.07) is 6.66. The van der Waals surface area contributed by atoms with Gasteiger partial charge in [0, 0.05) is 35.9 Å². The van der Waals surface area contributed by atoms with Gasteiger partial charge in [-0.15, -0.1) is 0 Å². The second-order valence-corrected chi connectivity index (χ2v) is 4.42. The third kappa shape index (κ3) is 2.88. The van der Waals surface area contributed by atoms with Crippen molar-refractivity contribution >= 4 is 11.8 Å². The standard InChI is InChI=1S/C15H12N6O/c16-15(22)21-12-9-19-13(10-3-6-17-7-4-10)14(20-12)11-2-1-5-18-8-11/h1-9H,(H3,16,20,21,22). The van der Waals surface area contributed by atoms with Crippen LogP contribution in [-0.2, 0) is 0 Å². The first-order chi connectivity index (χ1) is 10.7. The zero-order chi connectivity index (χ0) is 15.4. The third-order valence-corrected chi connectivity index (χ3v) is 2.91. The second-order valence-electron chi connectivity index (χ2n) is 4.42. The molecular formula is C15H12N6O. The van der Waals surface area contributed by atoms with Crippen LogP contribution < -0.4 is 11.1 Å². The summed E-state index contributed by atoms with van der Waals surface area (Å²) < 4.78 is 0. The fraction of sp³-hybridized carbons (Fsp3) is 0. The Morgan fingerprint density at radius 1 is 0.955 bits per heavy atom. The third-order valence-electron chi connectivity index (χ3n) is 2.91. The van der Waals surface area contributed by atoms with E-state index in [1.54, 1.807) is 24.8 Å². The Bertz CT molecular complexity index is 792. The van der Waals surface area contributed by atoms with Gasteiger partial charge in [-0.2, -0.15) is 0 Å². The molecule has 22 heavy (non-hydrogen) atoms. The Morgan fingerprint density at radius 2 is 1.77 bits per heavy atom. The molecule has 3 aromatic heterocycles. The summed E-state index contributed by atoms with van der Waals surface area (Å²) in [6.07, 6.45) is 8.18. The first-order valence-electron chi connectivity index (χ1n) is 6.48. The molecule has 3 heterocycles. The number of aromatic nitrogens is 4. The van der Waals surface area contributed by atoms with Gasteiger partial charge in [0.1, 0.15) is 5.69 Å². The number of primary amides is 1. The van der Waals surface area contributed by atoms with Gasteiger partial charge < -0.3 is 5.73 Å². The van der Waals surface area contributed by atoms with Crippen molar-refractivity contribution in [2.45, 2.75) is 0 Å². The molecule has 3 aromatic rings. The Labute approximate surface area is 126 Å². The molecule has 7 nitrogen and oxygen atoms in total. The highest BCUT2D eigenvalue weighted by Crippen LogP contribution is 2.28. The monoisotopic (exact) mass is 292 g/mol. The minimum atomic E-state index is -0.692. The molecule has 0 saturated heterocycles. The van der Waals surface area contributed by atoms with Gasteiger partial charge in [0.2, 0.25) is 0 Å². The van der Waals surface area contributed by atoms with Crippen molar-refractivity contribution in [1.82, 2.24) is 19.9 Å². The van der Waals surface area contributed by atoms with Crippen LogP contribution >= 0.6 is 0 Å². The predicted octanol–water partition coefficient (Wildman–Crippen LogP) is 2.09. The highest BCUT2D eigenvalue weighted by atomic mass is 16.2. The van der Waals surface area contributed by atoms with Gasteiger partial charge in [-0.1, -0.05) is 0 Å². The molecule has 0 bridgehead atoms. The molecular weight excluding hydrogens is 280 g/mol. The van der Waals surface area contributed by atoms with Crippen LogP contribution in [0.1, 0.15) is 0 Å². The fourth-order valence-electron chi connectivity index (χ4n) is 2.00. The molecule has 0 aliphatic heterocycles. The second kappa shape index (κ2) is 5.96. The van der Waals surface area contributed by atoms with Gasteiger partial charge in [0.25, 0.3) is 0 Å². The Balaban J connectivity index is 2.15. The number of amides is 2.